The van der Waals surface area contributed by atoms with E-state index in [9.17, 15) is 0 Å². The molecule has 1 aliphatic carbocycles. The van der Waals surface area contributed by atoms with Crippen molar-refractivity contribution < 1.29 is 4.74 Å². The average Bonchev–Trinajstić information content (AvgIpc) is 3.16. The van der Waals surface area contributed by atoms with E-state index in [1.165, 1.54) is 34.9 Å². The van der Waals surface area contributed by atoms with Gasteiger partial charge in [0, 0.05) is 29.3 Å². The maximum absolute atomic E-state index is 5.95. The number of benzene rings is 1. The maximum atomic E-state index is 5.95. The fourth-order valence-corrected chi connectivity index (χ4v) is 4.49. The molecule has 21 heavy (non-hydrogen) atoms. The summed E-state index contributed by atoms with van der Waals surface area (Å²) >= 11 is 1.87. The Kier molecular flexibility index (Phi) is 3.52. The van der Waals surface area contributed by atoms with Crippen molar-refractivity contribution in [1.82, 2.24) is 5.32 Å². The van der Waals surface area contributed by atoms with Gasteiger partial charge in [-0.05, 0) is 55.0 Å². The van der Waals surface area contributed by atoms with Crippen LogP contribution in [0.2, 0.25) is 0 Å². The highest BCUT2D eigenvalue weighted by atomic mass is 32.1. The summed E-state index contributed by atoms with van der Waals surface area (Å²) in [6.45, 7) is 4.27. The Balaban J connectivity index is 1.61. The Morgan fingerprint density at radius 3 is 2.95 bits per heavy atom. The van der Waals surface area contributed by atoms with Gasteiger partial charge in [-0.3, -0.25) is 0 Å². The number of hydrogen-bond acceptors (Lipinski definition) is 3. The van der Waals surface area contributed by atoms with Crippen LogP contribution < -0.4 is 5.32 Å². The number of fused-ring (bicyclic) bond motifs is 1. The normalized spacial score (nSPS) is 29.3. The van der Waals surface area contributed by atoms with E-state index in [2.05, 4.69) is 41.9 Å². The van der Waals surface area contributed by atoms with Gasteiger partial charge < -0.3 is 10.1 Å². The van der Waals surface area contributed by atoms with E-state index in [1.54, 1.807) is 0 Å². The zero-order valence-electron chi connectivity index (χ0n) is 12.6. The van der Waals surface area contributed by atoms with Crippen molar-refractivity contribution in [2.75, 3.05) is 13.2 Å². The lowest BCUT2D eigenvalue weighted by molar-refractivity contribution is 0.0630. The molecule has 4 rings (SSSR count). The van der Waals surface area contributed by atoms with Gasteiger partial charge in [0.25, 0.3) is 0 Å². The van der Waals surface area contributed by atoms with Crippen LogP contribution in [-0.2, 0) is 11.2 Å². The Hall–Kier alpha value is -0.900. The standard InChI is InChI=1S/C18H23NOS/c1-13-18(8-9-20-13,12-19-15-6-7-15)10-14-11-21-17-5-3-2-4-16(14)17/h2-5,11,13,15,19H,6-10,12H2,1H3. The number of rotatable bonds is 5. The van der Waals surface area contributed by atoms with Crippen LogP contribution >= 0.6 is 11.3 Å². The molecule has 2 nitrogen and oxygen atoms in total. The molecular weight excluding hydrogens is 278 g/mol. The van der Waals surface area contributed by atoms with E-state index in [-0.39, 0.29) is 5.41 Å². The molecule has 2 fully saturated rings. The van der Waals surface area contributed by atoms with E-state index in [4.69, 9.17) is 4.74 Å². The molecule has 112 valence electrons. The zero-order chi connectivity index (χ0) is 14.3. The van der Waals surface area contributed by atoms with Crippen LogP contribution in [0.5, 0.6) is 0 Å². The Bertz CT molecular complexity index is 633. The van der Waals surface area contributed by atoms with Crippen molar-refractivity contribution in [2.45, 2.75) is 44.8 Å². The number of ether oxygens (including phenoxy) is 1. The summed E-state index contributed by atoms with van der Waals surface area (Å²) in [4.78, 5) is 0. The average molecular weight is 301 g/mol. The molecule has 1 aromatic carbocycles. The third-order valence-electron chi connectivity index (χ3n) is 5.25. The summed E-state index contributed by atoms with van der Waals surface area (Å²) in [7, 11) is 0. The van der Waals surface area contributed by atoms with Crippen LogP contribution in [0.25, 0.3) is 10.1 Å². The first-order chi connectivity index (χ1) is 10.3. The largest absolute Gasteiger partial charge is 0.378 e. The zero-order valence-corrected chi connectivity index (χ0v) is 13.4. The molecule has 0 radical (unpaired) electrons. The van der Waals surface area contributed by atoms with Gasteiger partial charge in [0.1, 0.15) is 0 Å². The molecule has 0 amide bonds. The summed E-state index contributed by atoms with van der Waals surface area (Å²) in [5.74, 6) is 0. The topological polar surface area (TPSA) is 21.3 Å². The summed E-state index contributed by atoms with van der Waals surface area (Å²) in [6, 6.07) is 9.56. The summed E-state index contributed by atoms with van der Waals surface area (Å²) in [5, 5.41) is 7.55. The van der Waals surface area contributed by atoms with E-state index in [0.29, 0.717) is 6.10 Å². The second kappa shape index (κ2) is 5.38. The highest BCUT2D eigenvalue weighted by molar-refractivity contribution is 7.17. The van der Waals surface area contributed by atoms with E-state index in [1.807, 2.05) is 11.3 Å². The monoisotopic (exact) mass is 301 g/mol. The van der Waals surface area contributed by atoms with Crippen LogP contribution in [0.1, 0.15) is 31.7 Å². The predicted octanol–water partition coefficient (Wildman–Crippen LogP) is 3.99. The first-order valence-corrected chi connectivity index (χ1v) is 8.95. The SMILES string of the molecule is CC1OCCC1(CNC1CC1)Cc1csc2ccccc12. The summed E-state index contributed by atoms with van der Waals surface area (Å²) < 4.78 is 7.35. The molecule has 1 aliphatic heterocycles. The van der Waals surface area contributed by atoms with Crippen molar-refractivity contribution in [2.24, 2.45) is 5.41 Å². The molecule has 1 N–H and O–H groups in total. The lowest BCUT2D eigenvalue weighted by atomic mass is 9.76. The second-order valence-electron chi connectivity index (χ2n) is 6.71. The number of nitrogens with one attached hydrogen (secondary N) is 1. The highest BCUT2D eigenvalue weighted by Gasteiger charge is 2.42. The second-order valence-corrected chi connectivity index (χ2v) is 7.63. The number of thiophene rings is 1. The molecule has 0 bridgehead atoms. The first kappa shape index (κ1) is 13.7. The summed E-state index contributed by atoms with van der Waals surface area (Å²) in [5.41, 5.74) is 1.78. The fraction of sp³-hybridized carbons (Fsp3) is 0.556. The lowest BCUT2D eigenvalue weighted by Gasteiger charge is -2.32. The molecule has 0 spiro atoms. The van der Waals surface area contributed by atoms with Crippen LogP contribution in [0.15, 0.2) is 29.6 Å². The van der Waals surface area contributed by atoms with Gasteiger partial charge in [-0.25, -0.2) is 0 Å². The van der Waals surface area contributed by atoms with Crippen molar-refractivity contribution >= 4 is 21.4 Å². The minimum absolute atomic E-state index is 0.270. The third kappa shape index (κ3) is 2.63. The Labute approximate surface area is 130 Å². The van der Waals surface area contributed by atoms with Gasteiger partial charge in [-0.1, -0.05) is 18.2 Å². The molecule has 3 heteroatoms. The van der Waals surface area contributed by atoms with Crippen molar-refractivity contribution in [3.63, 3.8) is 0 Å². The maximum Gasteiger partial charge on any atom is 0.0619 e. The smallest absolute Gasteiger partial charge is 0.0619 e. The molecule has 2 unspecified atom stereocenters. The molecule has 2 aliphatic rings. The van der Waals surface area contributed by atoms with Gasteiger partial charge in [0.05, 0.1) is 6.10 Å². The minimum Gasteiger partial charge on any atom is -0.378 e. The number of hydrogen-bond donors (Lipinski definition) is 1. The van der Waals surface area contributed by atoms with Crippen LogP contribution in [0.4, 0.5) is 0 Å². The van der Waals surface area contributed by atoms with E-state index in [0.717, 1.165) is 25.6 Å². The molecule has 1 aromatic heterocycles. The lowest BCUT2D eigenvalue weighted by Crippen LogP contribution is -2.42. The first-order valence-electron chi connectivity index (χ1n) is 8.07. The molecule has 1 saturated carbocycles. The van der Waals surface area contributed by atoms with Gasteiger partial charge >= 0.3 is 0 Å². The van der Waals surface area contributed by atoms with Crippen LogP contribution in [0, 0.1) is 5.41 Å². The van der Waals surface area contributed by atoms with Gasteiger partial charge in [-0.2, -0.15) is 0 Å². The van der Waals surface area contributed by atoms with E-state index < -0.39 is 0 Å². The van der Waals surface area contributed by atoms with Gasteiger partial charge in [0.2, 0.25) is 0 Å². The predicted molar refractivity (Wildman–Crippen MR) is 89.0 cm³/mol. The molecule has 1 saturated heterocycles. The molecular formula is C18H23NOS. The fourth-order valence-electron chi connectivity index (χ4n) is 3.53. The van der Waals surface area contributed by atoms with Crippen LogP contribution in [-0.4, -0.2) is 25.3 Å². The summed E-state index contributed by atoms with van der Waals surface area (Å²) in [6.07, 6.45) is 5.37. The van der Waals surface area contributed by atoms with Gasteiger partial charge in [0.15, 0.2) is 0 Å². The Morgan fingerprint density at radius 1 is 1.33 bits per heavy atom. The molecule has 2 aromatic rings. The third-order valence-corrected chi connectivity index (χ3v) is 6.27. The minimum atomic E-state index is 0.270. The van der Waals surface area contributed by atoms with Crippen LogP contribution in [0.3, 0.4) is 0 Å². The van der Waals surface area contributed by atoms with Gasteiger partial charge in [-0.15, -0.1) is 11.3 Å². The molecule has 2 heterocycles. The highest BCUT2D eigenvalue weighted by Crippen LogP contribution is 2.41. The van der Waals surface area contributed by atoms with Crippen molar-refractivity contribution in [3.8, 4) is 0 Å². The van der Waals surface area contributed by atoms with E-state index >= 15 is 0 Å². The molecule has 2 atom stereocenters. The Morgan fingerprint density at radius 2 is 2.19 bits per heavy atom. The van der Waals surface area contributed by atoms with Crippen molar-refractivity contribution in [1.29, 1.82) is 0 Å². The quantitative estimate of drug-likeness (QED) is 0.901. The van der Waals surface area contributed by atoms with Crippen molar-refractivity contribution in [3.05, 3.63) is 35.2 Å².